The minimum atomic E-state index is -3.61. The third-order valence-corrected chi connectivity index (χ3v) is 7.92. The molecule has 0 atom stereocenters. The van der Waals surface area contributed by atoms with Gasteiger partial charge in [-0.05, 0) is 48.7 Å². The first-order valence-electron chi connectivity index (χ1n) is 10.0. The molecule has 0 aliphatic carbocycles. The second-order valence-corrected chi connectivity index (χ2v) is 10.4. The largest absolute Gasteiger partial charge is 0.298 e. The molecular formula is C22H22FN3O3S2. The predicted octanol–water partition coefficient (Wildman–Crippen LogP) is 4.30. The molecule has 162 valence electrons. The van der Waals surface area contributed by atoms with Crippen LogP contribution in [0, 0.1) is 5.82 Å². The SMILES string of the molecule is O=C(Nc1ncc(Cc2ccc(F)cc2)s1)c1cccc(S(=O)(=O)N2CCCCC2)c1. The second-order valence-electron chi connectivity index (χ2n) is 7.38. The van der Waals surface area contributed by atoms with Crippen LogP contribution in [-0.2, 0) is 16.4 Å². The van der Waals surface area contributed by atoms with Gasteiger partial charge in [0.05, 0.1) is 4.90 Å². The van der Waals surface area contributed by atoms with Crippen molar-refractivity contribution in [3.8, 4) is 0 Å². The Morgan fingerprint density at radius 3 is 2.58 bits per heavy atom. The monoisotopic (exact) mass is 459 g/mol. The molecule has 6 nitrogen and oxygen atoms in total. The van der Waals surface area contributed by atoms with Gasteiger partial charge in [0.2, 0.25) is 10.0 Å². The van der Waals surface area contributed by atoms with Crippen molar-refractivity contribution in [2.45, 2.75) is 30.6 Å². The molecule has 3 aromatic rings. The Bertz CT molecular complexity index is 1170. The first-order valence-corrected chi connectivity index (χ1v) is 12.3. The molecule has 9 heteroatoms. The fraction of sp³-hybridized carbons (Fsp3) is 0.273. The summed E-state index contributed by atoms with van der Waals surface area (Å²) >= 11 is 1.32. The molecule has 4 rings (SSSR count). The molecule has 0 spiro atoms. The average Bonchev–Trinajstić information content (AvgIpc) is 3.22. The Morgan fingerprint density at radius 2 is 1.84 bits per heavy atom. The van der Waals surface area contributed by atoms with Gasteiger partial charge in [0.1, 0.15) is 5.82 Å². The first-order chi connectivity index (χ1) is 14.9. The summed E-state index contributed by atoms with van der Waals surface area (Å²) in [6.07, 6.45) is 4.98. The fourth-order valence-corrected chi connectivity index (χ4v) is 5.88. The van der Waals surface area contributed by atoms with E-state index in [1.54, 1.807) is 30.5 Å². The van der Waals surface area contributed by atoms with Crippen LogP contribution in [-0.4, -0.2) is 36.7 Å². The standard InChI is InChI=1S/C22H22FN3O3S2/c23-18-9-7-16(8-10-18)13-19-15-24-22(30-19)25-21(27)17-5-4-6-20(14-17)31(28,29)26-11-2-1-3-12-26/h4-10,14-15H,1-3,11-13H2,(H,24,25,27). The maximum absolute atomic E-state index is 13.0. The number of nitrogens with zero attached hydrogens (tertiary/aromatic N) is 2. The number of hydrogen-bond acceptors (Lipinski definition) is 5. The van der Waals surface area contributed by atoms with Gasteiger partial charge in [0.15, 0.2) is 5.13 Å². The highest BCUT2D eigenvalue weighted by Gasteiger charge is 2.26. The molecule has 2 aromatic carbocycles. The number of piperidine rings is 1. The highest BCUT2D eigenvalue weighted by molar-refractivity contribution is 7.89. The first kappa shape index (κ1) is 21.6. The quantitative estimate of drug-likeness (QED) is 0.596. The van der Waals surface area contributed by atoms with E-state index in [9.17, 15) is 17.6 Å². The molecule has 1 saturated heterocycles. The zero-order valence-electron chi connectivity index (χ0n) is 16.8. The number of rotatable bonds is 6. The van der Waals surface area contributed by atoms with Gasteiger partial charge in [-0.25, -0.2) is 17.8 Å². The Balaban J connectivity index is 1.45. The molecule has 1 aliphatic rings. The van der Waals surface area contributed by atoms with Crippen molar-refractivity contribution in [1.82, 2.24) is 9.29 Å². The van der Waals surface area contributed by atoms with Gasteiger partial charge >= 0.3 is 0 Å². The predicted molar refractivity (Wildman–Crippen MR) is 118 cm³/mol. The van der Waals surface area contributed by atoms with E-state index >= 15 is 0 Å². The van der Waals surface area contributed by atoms with Crippen LogP contribution in [0.5, 0.6) is 0 Å². The van der Waals surface area contributed by atoms with E-state index in [0.717, 1.165) is 29.7 Å². The summed E-state index contributed by atoms with van der Waals surface area (Å²) in [6, 6.07) is 12.3. The molecule has 0 unspecified atom stereocenters. The van der Waals surface area contributed by atoms with E-state index < -0.39 is 15.9 Å². The summed E-state index contributed by atoms with van der Waals surface area (Å²) in [6.45, 7) is 1.02. The number of anilines is 1. The van der Waals surface area contributed by atoms with Gasteiger partial charge in [-0.3, -0.25) is 10.1 Å². The Labute approximate surface area is 184 Å². The van der Waals surface area contributed by atoms with Gasteiger partial charge in [-0.1, -0.05) is 24.6 Å². The van der Waals surface area contributed by atoms with E-state index in [0.29, 0.717) is 24.6 Å². The topological polar surface area (TPSA) is 79.4 Å². The van der Waals surface area contributed by atoms with E-state index in [2.05, 4.69) is 10.3 Å². The third-order valence-electron chi connectivity index (χ3n) is 5.11. The normalized spacial score (nSPS) is 15.0. The summed E-state index contributed by atoms with van der Waals surface area (Å²) < 4.78 is 40.3. The zero-order valence-corrected chi connectivity index (χ0v) is 18.4. The molecule has 1 amide bonds. The molecule has 1 N–H and O–H groups in total. The number of hydrogen-bond donors (Lipinski definition) is 1. The Morgan fingerprint density at radius 1 is 1.10 bits per heavy atom. The zero-order chi connectivity index (χ0) is 21.8. The lowest BCUT2D eigenvalue weighted by atomic mass is 10.1. The van der Waals surface area contributed by atoms with Crippen molar-refractivity contribution in [2.75, 3.05) is 18.4 Å². The van der Waals surface area contributed by atoms with Crippen LogP contribution in [0.4, 0.5) is 9.52 Å². The highest BCUT2D eigenvalue weighted by Crippen LogP contribution is 2.24. The highest BCUT2D eigenvalue weighted by atomic mass is 32.2. The molecule has 2 heterocycles. The van der Waals surface area contributed by atoms with Crippen LogP contribution in [0.25, 0.3) is 0 Å². The number of benzene rings is 2. The third kappa shape index (κ3) is 5.17. The van der Waals surface area contributed by atoms with Crippen LogP contribution in [0.1, 0.15) is 40.1 Å². The fourth-order valence-electron chi connectivity index (χ4n) is 3.47. The lowest BCUT2D eigenvalue weighted by molar-refractivity contribution is 0.102. The number of aromatic nitrogens is 1. The van der Waals surface area contributed by atoms with Gasteiger partial charge in [-0.15, -0.1) is 11.3 Å². The summed E-state index contributed by atoms with van der Waals surface area (Å²) in [5.74, 6) is -0.705. The van der Waals surface area contributed by atoms with Crippen LogP contribution < -0.4 is 5.32 Å². The van der Waals surface area contributed by atoms with Crippen LogP contribution in [0.3, 0.4) is 0 Å². The molecule has 31 heavy (non-hydrogen) atoms. The smallest absolute Gasteiger partial charge is 0.257 e. The molecule has 0 saturated carbocycles. The van der Waals surface area contributed by atoms with Crippen LogP contribution in [0.15, 0.2) is 59.6 Å². The molecular weight excluding hydrogens is 437 g/mol. The Hall–Kier alpha value is -2.62. The number of carbonyl (C=O) groups excluding carboxylic acids is 1. The molecule has 1 fully saturated rings. The Kier molecular flexibility index (Phi) is 6.45. The average molecular weight is 460 g/mol. The van der Waals surface area contributed by atoms with E-state index in [4.69, 9.17) is 0 Å². The molecule has 0 radical (unpaired) electrons. The maximum atomic E-state index is 13.0. The molecule has 1 aliphatic heterocycles. The summed E-state index contributed by atoms with van der Waals surface area (Å²) in [5, 5.41) is 3.15. The minimum Gasteiger partial charge on any atom is -0.298 e. The van der Waals surface area contributed by atoms with Gasteiger partial charge in [-0.2, -0.15) is 4.31 Å². The van der Waals surface area contributed by atoms with Gasteiger partial charge in [0, 0.05) is 36.1 Å². The number of sulfonamides is 1. The van der Waals surface area contributed by atoms with E-state index in [1.165, 1.54) is 39.9 Å². The summed E-state index contributed by atoms with van der Waals surface area (Å²) in [5.41, 5.74) is 1.20. The number of thiazole rings is 1. The van der Waals surface area contributed by atoms with E-state index in [-0.39, 0.29) is 16.3 Å². The second kappa shape index (κ2) is 9.25. The number of nitrogens with one attached hydrogen (secondary N) is 1. The van der Waals surface area contributed by atoms with Crippen molar-refractivity contribution < 1.29 is 17.6 Å². The van der Waals surface area contributed by atoms with E-state index in [1.807, 2.05) is 0 Å². The number of halogens is 1. The van der Waals surface area contributed by atoms with Crippen molar-refractivity contribution in [1.29, 1.82) is 0 Å². The van der Waals surface area contributed by atoms with Crippen molar-refractivity contribution in [2.24, 2.45) is 0 Å². The van der Waals surface area contributed by atoms with Gasteiger partial charge in [0.25, 0.3) is 5.91 Å². The summed E-state index contributed by atoms with van der Waals surface area (Å²) in [4.78, 5) is 17.9. The van der Waals surface area contributed by atoms with Gasteiger partial charge < -0.3 is 0 Å². The van der Waals surface area contributed by atoms with Crippen LogP contribution in [0.2, 0.25) is 0 Å². The lowest BCUT2D eigenvalue weighted by Gasteiger charge is -2.26. The minimum absolute atomic E-state index is 0.123. The van der Waals surface area contributed by atoms with Crippen molar-refractivity contribution in [3.63, 3.8) is 0 Å². The number of amides is 1. The molecule has 0 bridgehead atoms. The van der Waals surface area contributed by atoms with Crippen molar-refractivity contribution in [3.05, 3.63) is 76.5 Å². The maximum Gasteiger partial charge on any atom is 0.257 e. The van der Waals surface area contributed by atoms with Crippen molar-refractivity contribution >= 4 is 32.4 Å². The lowest BCUT2D eigenvalue weighted by Crippen LogP contribution is -2.35. The number of carbonyl (C=O) groups is 1. The summed E-state index contributed by atoms with van der Waals surface area (Å²) in [7, 11) is -3.61. The van der Waals surface area contributed by atoms with Crippen LogP contribution >= 0.6 is 11.3 Å². The molecule has 1 aromatic heterocycles.